The summed E-state index contributed by atoms with van der Waals surface area (Å²) < 4.78 is 5.23. The van der Waals surface area contributed by atoms with Gasteiger partial charge >= 0.3 is 0 Å². The topological polar surface area (TPSA) is 49.8 Å². The molecule has 1 aromatic rings. The van der Waals surface area contributed by atoms with Gasteiger partial charge in [-0.25, -0.2) is 0 Å². The highest BCUT2D eigenvalue weighted by atomic mass is 35.5. The minimum atomic E-state index is -0.268. The summed E-state index contributed by atoms with van der Waals surface area (Å²) in [5.74, 6) is -0.116. The SMILES string of the molecule is O=C(c1cccc(Cl)c1)N1CCOC[C@H]1CO. The molecule has 1 aromatic carbocycles. The molecule has 4 nitrogen and oxygen atoms in total. The van der Waals surface area contributed by atoms with E-state index in [2.05, 4.69) is 0 Å². The van der Waals surface area contributed by atoms with Crippen molar-refractivity contribution in [3.63, 3.8) is 0 Å². The maximum atomic E-state index is 12.2. The van der Waals surface area contributed by atoms with Crippen LogP contribution >= 0.6 is 11.6 Å². The first kappa shape index (κ1) is 12.4. The van der Waals surface area contributed by atoms with Gasteiger partial charge in [-0.15, -0.1) is 0 Å². The van der Waals surface area contributed by atoms with Gasteiger partial charge in [0.2, 0.25) is 0 Å². The Morgan fingerprint density at radius 2 is 2.41 bits per heavy atom. The van der Waals surface area contributed by atoms with E-state index >= 15 is 0 Å². The molecule has 0 unspecified atom stereocenters. The van der Waals surface area contributed by atoms with Crippen molar-refractivity contribution in [3.8, 4) is 0 Å². The van der Waals surface area contributed by atoms with Gasteiger partial charge in [-0.1, -0.05) is 17.7 Å². The second-order valence-corrected chi connectivity index (χ2v) is 4.36. The molecule has 0 saturated carbocycles. The zero-order chi connectivity index (χ0) is 12.3. The summed E-state index contributed by atoms with van der Waals surface area (Å²) in [7, 11) is 0. The number of nitrogens with zero attached hydrogens (tertiary/aromatic N) is 1. The van der Waals surface area contributed by atoms with Gasteiger partial charge in [0.15, 0.2) is 0 Å². The van der Waals surface area contributed by atoms with Gasteiger partial charge in [0.1, 0.15) is 0 Å². The molecule has 5 heteroatoms. The summed E-state index contributed by atoms with van der Waals surface area (Å²) in [6.07, 6.45) is 0. The van der Waals surface area contributed by atoms with Crippen molar-refractivity contribution < 1.29 is 14.6 Å². The van der Waals surface area contributed by atoms with E-state index < -0.39 is 0 Å². The lowest BCUT2D eigenvalue weighted by Gasteiger charge is -2.34. The summed E-state index contributed by atoms with van der Waals surface area (Å²) in [5.41, 5.74) is 0.540. The third kappa shape index (κ3) is 2.77. The smallest absolute Gasteiger partial charge is 0.254 e. The Kier molecular flexibility index (Phi) is 3.99. The molecule has 0 aliphatic carbocycles. The van der Waals surface area contributed by atoms with E-state index in [0.29, 0.717) is 30.3 Å². The van der Waals surface area contributed by atoms with E-state index in [1.807, 2.05) is 0 Å². The number of amides is 1. The molecule has 1 amide bonds. The fourth-order valence-corrected chi connectivity index (χ4v) is 2.05. The van der Waals surface area contributed by atoms with Crippen LogP contribution in [0.1, 0.15) is 10.4 Å². The molecular weight excluding hydrogens is 242 g/mol. The second kappa shape index (κ2) is 5.49. The molecule has 1 aliphatic rings. The first-order valence-corrected chi connectivity index (χ1v) is 5.85. The van der Waals surface area contributed by atoms with E-state index in [4.69, 9.17) is 16.3 Å². The largest absolute Gasteiger partial charge is 0.394 e. The van der Waals surface area contributed by atoms with Gasteiger partial charge in [0.25, 0.3) is 5.91 Å². The highest BCUT2D eigenvalue weighted by molar-refractivity contribution is 6.30. The van der Waals surface area contributed by atoms with Crippen LogP contribution in [0.15, 0.2) is 24.3 Å². The van der Waals surface area contributed by atoms with Gasteiger partial charge in [-0.05, 0) is 18.2 Å². The van der Waals surface area contributed by atoms with Gasteiger partial charge in [-0.3, -0.25) is 4.79 Å². The number of aliphatic hydroxyl groups is 1. The predicted octanol–water partition coefficient (Wildman–Crippen LogP) is 1.17. The standard InChI is InChI=1S/C12H14ClNO3/c13-10-3-1-2-9(6-10)12(16)14-4-5-17-8-11(14)7-15/h1-3,6,11,15H,4-5,7-8H2/t11-/m1/s1. The van der Waals surface area contributed by atoms with Crippen molar-refractivity contribution in [1.82, 2.24) is 4.90 Å². The minimum absolute atomic E-state index is 0.0910. The molecule has 1 saturated heterocycles. The van der Waals surface area contributed by atoms with Gasteiger partial charge in [-0.2, -0.15) is 0 Å². The minimum Gasteiger partial charge on any atom is -0.394 e. The number of hydrogen-bond acceptors (Lipinski definition) is 3. The molecule has 92 valence electrons. The van der Waals surface area contributed by atoms with Gasteiger partial charge in [0.05, 0.1) is 25.9 Å². The number of aliphatic hydroxyl groups excluding tert-OH is 1. The van der Waals surface area contributed by atoms with Crippen LogP contribution in [0, 0.1) is 0 Å². The number of halogens is 1. The fourth-order valence-electron chi connectivity index (χ4n) is 1.86. The average molecular weight is 256 g/mol. The molecule has 1 atom stereocenters. The van der Waals surface area contributed by atoms with Crippen LogP contribution in [0.5, 0.6) is 0 Å². The molecule has 17 heavy (non-hydrogen) atoms. The van der Waals surface area contributed by atoms with Crippen LogP contribution < -0.4 is 0 Å². The highest BCUT2D eigenvalue weighted by Crippen LogP contribution is 2.16. The van der Waals surface area contributed by atoms with Crippen LogP contribution in [0.3, 0.4) is 0 Å². The van der Waals surface area contributed by atoms with Gasteiger partial charge < -0.3 is 14.7 Å². The van der Waals surface area contributed by atoms with E-state index in [0.717, 1.165) is 0 Å². The third-order valence-electron chi connectivity index (χ3n) is 2.77. The molecular formula is C12H14ClNO3. The Hall–Kier alpha value is -1.10. The number of benzene rings is 1. The van der Waals surface area contributed by atoms with Crippen molar-refractivity contribution in [1.29, 1.82) is 0 Å². The maximum Gasteiger partial charge on any atom is 0.254 e. The normalized spacial score (nSPS) is 20.4. The third-order valence-corrected chi connectivity index (χ3v) is 3.01. The Morgan fingerprint density at radius 1 is 1.59 bits per heavy atom. The van der Waals surface area contributed by atoms with E-state index in [1.165, 1.54) is 0 Å². The van der Waals surface area contributed by atoms with Crippen molar-refractivity contribution >= 4 is 17.5 Å². The summed E-state index contributed by atoms with van der Waals surface area (Å²) in [6.45, 7) is 1.29. The van der Waals surface area contributed by atoms with E-state index in [1.54, 1.807) is 29.2 Å². The van der Waals surface area contributed by atoms with Crippen LogP contribution in [0.4, 0.5) is 0 Å². The zero-order valence-electron chi connectivity index (χ0n) is 9.30. The van der Waals surface area contributed by atoms with Crippen molar-refractivity contribution in [2.75, 3.05) is 26.4 Å². The van der Waals surface area contributed by atoms with Crippen LogP contribution in [0.25, 0.3) is 0 Å². The van der Waals surface area contributed by atoms with E-state index in [9.17, 15) is 9.90 Å². The number of carbonyl (C=O) groups excluding carboxylic acids is 1. The van der Waals surface area contributed by atoms with Crippen molar-refractivity contribution in [2.24, 2.45) is 0 Å². The number of hydrogen-bond donors (Lipinski definition) is 1. The van der Waals surface area contributed by atoms with Crippen LogP contribution in [-0.2, 0) is 4.74 Å². The number of carbonyl (C=O) groups is 1. The lowest BCUT2D eigenvalue weighted by atomic mass is 10.1. The Bertz CT molecular complexity index is 410. The monoisotopic (exact) mass is 255 g/mol. The molecule has 0 spiro atoms. The zero-order valence-corrected chi connectivity index (χ0v) is 10.1. The number of ether oxygens (including phenoxy) is 1. The Balaban J connectivity index is 2.18. The molecule has 1 fully saturated rings. The molecule has 1 heterocycles. The lowest BCUT2D eigenvalue weighted by molar-refractivity contribution is -0.0183. The van der Waals surface area contributed by atoms with Gasteiger partial charge in [0, 0.05) is 17.1 Å². The first-order valence-electron chi connectivity index (χ1n) is 5.47. The van der Waals surface area contributed by atoms with Crippen LogP contribution in [0.2, 0.25) is 5.02 Å². The van der Waals surface area contributed by atoms with Crippen molar-refractivity contribution in [3.05, 3.63) is 34.9 Å². The van der Waals surface area contributed by atoms with Crippen LogP contribution in [-0.4, -0.2) is 48.3 Å². The molecule has 1 aliphatic heterocycles. The summed E-state index contributed by atoms with van der Waals surface area (Å²) in [4.78, 5) is 13.9. The second-order valence-electron chi connectivity index (χ2n) is 3.92. The molecule has 2 rings (SSSR count). The number of morpholine rings is 1. The predicted molar refractivity (Wildman–Crippen MR) is 64.2 cm³/mol. The molecule has 0 radical (unpaired) electrons. The Labute approximate surface area is 105 Å². The lowest BCUT2D eigenvalue weighted by Crippen LogP contribution is -2.50. The quantitative estimate of drug-likeness (QED) is 0.863. The highest BCUT2D eigenvalue weighted by Gasteiger charge is 2.27. The molecule has 0 aromatic heterocycles. The fraction of sp³-hybridized carbons (Fsp3) is 0.417. The summed E-state index contributed by atoms with van der Waals surface area (Å²) >= 11 is 5.85. The van der Waals surface area contributed by atoms with E-state index in [-0.39, 0.29) is 18.6 Å². The van der Waals surface area contributed by atoms with Crippen molar-refractivity contribution in [2.45, 2.75) is 6.04 Å². The number of rotatable bonds is 2. The summed E-state index contributed by atoms with van der Waals surface area (Å²) in [5, 5.41) is 9.74. The Morgan fingerprint density at radius 3 is 3.12 bits per heavy atom. The molecule has 0 bridgehead atoms. The molecule has 1 N–H and O–H groups in total. The summed E-state index contributed by atoms with van der Waals surface area (Å²) in [6, 6.07) is 6.55. The maximum absolute atomic E-state index is 12.2. The first-order chi connectivity index (χ1) is 8.22. The average Bonchev–Trinajstić information content (AvgIpc) is 2.38.